The second-order valence-corrected chi connectivity index (χ2v) is 8.44. The third kappa shape index (κ3) is 4.50. The van der Waals surface area contributed by atoms with E-state index >= 15 is 0 Å². The van der Waals surface area contributed by atoms with Crippen molar-refractivity contribution < 1.29 is 23.6 Å². The van der Waals surface area contributed by atoms with E-state index in [9.17, 15) is 14.7 Å². The minimum absolute atomic E-state index is 0.339. The number of hydrogen-bond donors (Lipinski definition) is 2. The van der Waals surface area contributed by atoms with Crippen molar-refractivity contribution in [3.8, 4) is 0 Å². The van der Waals surface area contributed by atoms with Crippen LogP contribution < -0.4 is 11.2 Å². The molecule has 2 fully saturated rings. The van der Waals surface area contributed by atoms with Gasteiger partial charge >= 0.3 is 5.69 Å². The first-order valence-electron chi connectivity index (χ1n) is 9.23. The Hall–Kier alpha value is -1.09. The summed E-state index contributed by atoms with van der Waals surface area (Å²) in [7, 11) is 0.541. The Morgan fingerprint density at radius 3 is 2.63 bits per heavy atom. The molecule has 10 heteroatoms. The normalized spacial score (nSPS) is 32.9. The van der Waals surface area contributed by atoms with Crippen molar-refractivity contribution in [1.29, 1.82) is 0 Å². The average molecular weight is 402 g/mol. The summed E-state index contributed by atoms with van der Waals surface area (Å²) in [4.78, 5) is 25.6. The Morgan fingerprint density at radius 1 is 1.33 bits per heavy atom. The lowest BCUT2D eigenvalue weighted by atomic mass is 10.1. The fraction of sp³-hybridized carbons (Fsp3) is 0.765. The molecule has 3 rings (SSSR count). The predicted octanol–water partition coefficient (Wildman–Crippen LogP) is 0.973. The maximum Gasteiger partial charge on any atom is 0.330 e. The molecule has 1 aliphatic heterocycles. The molecule has 0 bridgehead atoms. The lowest BCUT2D eigenvalue weighted by Gasteiger charge is -2.20. The van der Waals surface area contributed by atoms with Crippen LogP contribution in [0.15, 0.2) is 21.9 Å². The van der Waals surface area contributed by atoms with Crippen molar-refractivity contribution in [2.45, 2.75) is 56.9 Å². The Kier molecular flexibility index (Phi) is 6.83. The smallest absolute Gasteiger partial charge is 0.330 e. The number of nitrogens with zero attached hydrogens (tertiary/aromatic N) is 1. The Bertz CT molecular complexity index is 732. The Morgan fingerprint density at radius 2 is 2.04 bits per heavy atom. The molecule has 2 heterocycles. The lowest BCUT2D eigenvalue weighted by molar-refractivity contribution is -0.0556. The maximum absolute atomic E-state index is 12.1. The molecule has 1 aromatic heterocycles. The monoisotopic (exact) mass is 402 g/mol. The van der Waals surface area contributed by atoms with Gasteiger partial charge in [0.2, 0.25) is 0 Å². The molecule has 0 radical (unpaired) electrons. The first kappa shape index (κ1) is 20.6. The van der Waals surface area contributed by atoms with Crippen molar-refractivity contribution in [2.75, 3.05) is 20.3 Å². The van der Waals surface area contributed by atoms with Gasteiger partial charge in [0.25, 0.3) is 5.56 Å². The quantitative estimate of drug-likeness (QED) is 0.592. The molecule has 0 amide bonds. The summed E-state index contributed by atoms with van der Waals surface area (Å²) in [6.07, 6.45) is 0.141. The van der Waals surface area contributed by atoms with Crippen LogP contribution in [0.4, 0.5) is 0 Å². The van der Waals surface area contributed by atoms with Crippen LogP contribution >= 0.6 is 8.38 Å². The first-order chi connectivity index (χ1) is 13.0. The van der Waals surface area contributed by atoms with E-state index in [2.05, 4.69) is 4.98 Å². The van der Waals surface area contributed by atoms with Crippen LogP contribution in [0.1, 0.15) is 32.9 Å². The maximum atomic E-state index is 12.1. The highest BCUT2D eigenvalue weighted by Gasteiger charge is 2.51. The van der Waals surface area contributed by atoms with E-state index in [1.54, 1.807) is 0 Å². The van der Waals surface area contributed by atoms with Gasteiger partial charge in [-0.3, -0.25) is 14.3 Å². The van der Waals surface area contributed by atoms with E-state index in [0.29, 0.717) is 31.2 Å². The largest absolute Gasteiger partial charge is 0.388 e. The number of aliphatic hydroxyl groups is 1. The van der Waals surface area contributed by atoms with E-state index in [0.717, 1.165) is 6.42 Å². The lowest BCUT2D eigenvalue weighted by Crippen LogP contribution is -2.38. The predicted molar refractivity (Wildman–Crippen MR) is 98.7 cm³/mol. The van der Waals surface area contributed by atoms with Crippen LogP contribution in [0, 0.1) is 5.92 Å². The van der Waals surface area contributed by atoms with Gasteiger partial charge in [-0.05, 0) is 32.6 Å². The molecule has 1 aromatic rings. The SMILES string of the molecule is CCOP(OCC)C1CC1CC1OC(n2ccc(=O)[nH]c2=O)C(OC)C1O. The highest BCUT2D eigenvalue weighted by Crippen LogP contribution is 2.60. The van der Waals surface area contributed by atoms with Crippen LogP contribution in [0.3, 0.4) is 0 Å². The number of rotatable bonds is 9. The number of hydrogen-bond acceptors (Lipinski definition) is 7. The number of methoxy groups -OCH3 is 1. The summed E-state index contributed by atoms with van der Waals surface area (Å²) in [5, 5.41) is 10.6. The molecule has 152 valence electrons. The number of ether oxygens (including phenoxy) is 2. The van der Waals surface area contributed by atoms with Gasteiger partial charge in [0.1, 0.15) is 12.2 Å². The van der Waals surface area contributed by atoms with Gasteiger partial charge in [0.15, 0.2) is 14.6 Å². The van der Waals surface area contributed by atoms with Crippen LogP contribution in [-0.4, -0.2) is 59.0 Å². The molecule has 6 unspecified atom stereocenters. The van der Waals surface area contributed by atoms with Crippen LogP contribution in [-0.2, 0) is 18.5 Å². The summed E-state index contributed by atoms with van der Waals surface area (Å²) in [5.74, 6) is 0.345. The summed E-state index contributed by atoms with van der Waals surface area (Å²) in [6, 6.07) is 1.24. The summed E-state index contributed by atoms with van der Waals surface area (Å²) in [5.41, 5.74) is -0.740. The minimum Gasteiger partial charge on any atom is -0.388 e. The molecule has 1 saturated heterocycles. The zero-order valence-corrected chi connectivity index (χ0v) is 16.6. The second kappa shape index (κ2) is 8.94. The number of H-pyrrole nitrogens is 1. The third-order valence-corrected chi connectivity index (χ3v) is 7.11. The van der Waals surface area contributed by atoms with E-state index in [1.165, 1.54) is 23.9 Å². The van der Waals surface area contributed by atoms with Crippen LogP contribution in [0.25, 0.3) is 0 Å². The number of aromatic nitrogens is 2. The van der Waals surface area contributed by atoms with Crippen LogP contribution in [0.5, 0.6) is 0 Å². The zero-order chi connectivity index (χ0) is 19.6. The highest BCUT2D eigenvalue weighted by molar-refractivity contribution is 7.48. The average Bonchev–Trinajstić information content (AvgIpc) is 3.32. The van der Waals surface area contributed by atoms with E-state index in [-0.39, 0.29) is 0 Å². The second-order valence-electron chi connectivity index (χ2n) is 6.69. The van der Waals surface area contributed by atoms with Crippen molar-refractivity contribution >= 4 is 8.38 Å². The molecule has 1 saturated carbocycles. The van der Waals surface area contributed by atoms with Gasteiger partial charge in [0.05, 0.1) is 19.3 Å². The molecule has 0 aromatic carbocycles. The van der Waals surface area contributed by atoms with Gasteiger partial charge in [0, 0.05) is 25.0 Å². The molecule has 0 spiro atoms. The molecule has 2 N–H and O–H groups in total. The van der Waals surface area contributed by atoms with Gasteiger partial charge in [-0.15, -0.1) is 0 Å². The Balaban J connectivity index is 1.67. The fourth-order valence-corrected chi connectivity index (χ4v) is 5.42. The van der Waals surface area contributed by atoms with Crippen molar-refractivity contribution in [3.63, 3.8) is 0 Å². The molecular formula is C17H27N2O7P. The number of nitrogens with one attached hydrogen (secondary N) is 1. The summed E-state index contributed by atoms with van der Waals surface area (Å²) < 4.78 is 24.1. The summed E-state index contributed by atoms with van der Waals surface area (Å²) in [6.45, 7) is 5.12. The molecule has 9 nitrogen and oxygen atoms in total. The molecule has 6 atom stereocenters. The topological polar surface area (TPSA) is 112 Å². The van der Waals surface area contributed by atoms with E-state index in [4.69, 9.17) is 18.5 Å². The molecule has 2 aliphatic rings. The van der Waals surface area contributed by atoms with Crippen molar-refractivity contribution in [2.24, 2.45) is 5.92 Å². The third-order valence-electron chi connectivity index (χ3n) is 4.91. The molecule has 1 aliphatic carbocycles. The van der Waals surface area contributed by atoms with Gasteiger partial charge in [-0.1, -0.05) is 0 Å². The summed E-state index contributed by atoms with van der Waals surface area (Å²) >= 11 is 0. The van der Waals surface area contributed by atoms with Crippen molar-refractivity contribution in [3.05, 3.63) is 33.1 Å². The first-order valence-corrected chi connectivity index (χ1v) is 10.5. The van der Waals surface area contributed by atoms with E-state index in [1.807, 2.05) is 13.8 Å². The standard InChI is InChI=1S/C17H27N2O7P/c1-4-24-27(25-5-2)12-9-10(12)8-11-14(21)15(23-3)16(26-11)19-7-6-13(20)18-17(19)22/h6-7,10-12,14-16,21H,4-5,8-9H2,1-3H3,(H,18,20,22). The van der Waals surface area contributed by atoms with Gasteiger partial charge < -0.3 is 23.6 Å². The fourth-order valence-electron chi connectivity index (χ4n) is 3.54. The molecular weight excluding hydrogens is 375 g/mol. The van der Waals surface area contributed by atoms with Gasteiger partial charge in [-0.25, -0.2) is 4.79 Å². The molecule has 27 heavy (non-hydrogen) atoms. The minimum atomic E-state index is -0.924. The Labute approximate surface area is 158 Å². The highest BCUT2D eigenvalue weighted by atomic mass is 31.2. The zero-order valence-electron chi connectivity index (χ0n) is 15.7. The van der Waals surface area contributed by atoms with Crippen molar-refractivity contribution in [1.82, 2.24) is 9.55 Å². The number of aromatic amines is 1. The van der Waals surface area contributed by atoms with Crippen LogP contribution in [0.2, 0.25) is 0 Å². The number of aliphatic hydroxyl groups excluding tert-OH is 1. The van der Waals surface area contributed by atoms with Gasteiger partial charge in [-0.2, -0.15) is 0 Å². The van der Waals surface area contributed by atoms with E-state index < -0.39 is 44.2 Å².